The molecular weight excluding hydrogens is 294 g/mol. The minimum Gasteiger partial charge on any atom is -0.398 e. The highest BCUT2D eigenvalue weighted by Crippen LogP contribution is 2.13. The van der Waals surface area contributed by atoms with E-state index in [4.69, 9.17) is 16.7 Å². The van der Waals surface area contributed by atoms with E-state index in [9.17, 15) is 0 Å². The highest BCUT2D eigenvalue weighted by Gasteiger charge is 1.98. The van der Waals surface area contributed by atoms with Gasteiger partial charge in [0.25, 0.3) is 0 Å². The Labute approximate surface area is 133 Å². The first kappa shape index (κ1) is 15.6. The number of benzene rings is 2. The third-order valence-corrected chi connectivity index (χ3v) is 3.65. The Bertz CT molecular complexity index is 732. The van der Waals surface area contributed by atoms with Crippen molar-refractivity contribution in [3.63, 3.8) is 0 Å². The van der Waals surface area contributed by atoms with Crippen LogP contribution in [0.2, 0.25) is 0 Å². The number of hydrogen-bond acceptors (Lipinski definition) is 5. The fourth-order valence-corrected chi connectivity index (χ4v) is 2.28. The van der Waals surface area contributed by atoms with Crippen LogP contribution in [0.4, 0.5) is 5.69 Å². The Morgan fingerprint density at radius 1 is 1.23 bits per heavy atom. The summed E-state index contributed by atoms with van der Waals surface area (Å²) in [6, 6.07) is 17.1. The second-order valence-electron chi connectivity index (χ2n) is 4.42. The minimum atomic E-state index is 0.385. The summed E-state index contributed by atoms with van der Waals surface area (Å²) in [6.45, 7) is 0. The average molecular weight is 309 g/mol. The van der Waals surface area contributed by atoms with Crippen molar-refractivity contribution in [1.29, 1.82) is 5.26 Å². The molecule has 0 aliphatic rings. The van der Waals surface area contributed by atoms with Crippen molar-refractivity contribution in [3.8, 4) is 6.07 Å². The molecule has 0 radical (unpaired) electrons. The van der Waals surface area contributed by atoms with E-state index in [-0.39, 0.29) is 0 Å². The van der Waals surface area contributed by atoms with E-state index in [2.05, 4.69) is 10.2 Å². The van der Waals surface area contributed by atoms with Gasteiger partial charge in [-0.05, 0) is 23.3 Å². The Hall–Kier alpha value is -2.78. The van der Waals surface area contributed by atoms with Crippen LogP contribution < -0.4 is 11.5 Å². The lowest BCUT2D eigenvalue weighted by molar-refractivity contribution is 1.25. The van der Waals surface area contributed by atoms with E-state index < -0.39 is 0 Å². The summed E-state index contributed by atoms with van der Waals surface area (Å²) in [4.78, 5) is 0. The Morgan fingerprint density at radius 2 is 2.00 bits per heavy atom. The number of rotatable bonds is 4. The molecule has 0 unspecified atom stereocenters. The SMILES string of the molecule is N#Cc1cc(C=NN=C(N)SCc2ccccc2)ccc1N. The normalized spacial score (nSPS) is 11.5. The van der Waals surface area contributed by atoms with Gasteiger partial charge in [-0.25, -0.2) is 0 Å². The molecule has 0 bridgehead atoms. The zero-order valence-corrected chi connectivity index (χ0v) is 12.6. The predicted molar refractivity (Wildman–Crippen MR) is 92.5 cm³/mol. The minimum absolute atomic E-state index is 0.385. The summed E-state index contributed by atoms with van der Waals surface area (Å²) in [5.41, 5.74) is 14.2. The lowest BCUT2D eigenvalue weighted by Crippen LogP contribution is -2.06. The number of thioether (sulfide) groups is 1. The van der Waals surface area contributed by atoms with Gasteiger partial charge in [0.15, 0.2) is 5.17 Å². The van der Waals surface area contributed by atoms with Crippen molar-refractivity contribution in [1.82, 2.24) is 0 Å². The van der Waals surface area contributed by atoms with E-state index in [1.807, 2.05) is 36.4 Å². The fourth-order valence-electron chi connectivity index (χ4n) is 1.66. The molecule has 0 aliphatic heterocycles. The van der Waals surface area contributed by atoms with Gasteiger partial charge in [-0.15, -0.1) is 5.10 Å². The van der Waals surface area contributed by atoms with E-state index in [0.717, 1.165) is 11.3 Å². The standard InChI is InChI=1S/C16H15N5S/c17-9-14-8-13(6-7-15(14)18)10-20-21-16(19)22-11-12-4-2-1-3-5-12/h1-8,10H,11,18H2,(H2,19,21). The largest absolute Gasteiger partial charge is 0.398 e. The molecule has 22 heavy (non-hydrogen) atoms. The summed E-state index contributed by atoms with van der Waals surface area (Å²) < 4.78 is 0. The van der Waals surface area contributed by atoms with Crippen LogP contribution in [0.5, 0.6) is 0 Å². The van der Waals surface area contributed by atoms with Gasteiger partial charge in [0.05, 0.1) is 11.8 Å². The molecule has 0 saturated heterocycles. The molecule has 110 valence electrons. The molecule has 0 aliphatic carbocycles. The third kappa shape index (κ3) is 4.65. The molecule has 0 heterocycles. The van der Waals surface area contributed by atoms with Crippen molar-refractivity contribution in [3.05, 3.63) is 65.2 Å². The summed E-state index contributed by atoms with van der Waals surface area (Å²) in [5.74, 6) is 0.742. The molecule has 0 atom stereocenters. The summed E-state index contributed by atoms with van der Waals surface area (Å²) in [6.07, 6.45) is 1.54. The molecule has 6 heteroatoms. The first-order valence-electron chi connectivity index (χ1n) is 6.52. The van der Waals surface area contributed by atoms with Gasteiger partial charge in [0.2, 0.25) is 0 Å². The molecule has 0 fully saturated rings. The van der Waals surface area contributed by atoms with Crippen LogP contribution in [-0.2, 0) is 5.75 Å². The second-order valence-corrected chi connectivity index (χ2v) is 5.41. The van der Waals surface area contributed by atoms with Gasteiger partial charge in [-0.3, -0.25) is 0 Å². The number of nitriles is 1. The maximum atomic E-state index is 8.91. The zero-order chi connectivity index (χ0) is 15.8. The maximum Gasteiger partial charge on any atom is 0.180 e. The quantitative estimate of drug-likeness (QED) is 0.392. The van der Waals surface area contributed by atoms with Crippen LogP contribution in [-0.4, -0.2) is 11.4 Å². The number of nitrogens with two attached hydrogens (primary N) is 2. The summed E-state index contributed by atoms with van der Waals surface area (Å²) in [7, 11) is 0. The first-order chi connectivity index (χ1) is 10.7. The molecule has 4 N–H and O–H groups in total. The molecule has 5 nitrogen and oxygen atoms in total. The Balaban J connectivity index is 1.94. The van der Waals surface area contributed by atoms with Crippen LogP contribution in [0, 0.1) is 11.3 Å². The zero-order valence-electron chi connectivity index (χ0n) is 11.8. The molecule has 0 amide bonds. The number of amidine groups is 1. The van der Waals surface area contributed by atoms with Crippen LogP contribution in [0.25, 0.3) is 0 Å². The van der Waals surface area contributed by atoms with E-state index in [1.165, 1.54) is 23.5 Å². The number of anilines is 1. The van der Waals surface area contributed by atoms with Crippen LogP contribution in [0.15, 0.2) is 58.7 Å². The molecule has 0 spiro atoms. The summed E-state index contributed by atoms with van der Waals surface area (Å²) in [5, 5.41) is 17.1. The van der Waals surface area contributed by atoms with E-state index in [0.29, 0.717) is 16.4 Å². The van der Waals surface area contributed by atoms with Crippen molar-refractivity contribution < 1.29 is 0 Å². The molecule has 2 rings (SSSR count). The molecule has 2 aromatic carbocycles. The van der Waals surface area contributed by atoms with Crippen LogP contribution >= 0.6 is 11.8 Å². The smallest absolute Gasteiger partial charge is 0.180 e. The van der Waals surface area contributed by atoms with Gasteiger partial charge in [0.1, 0.15) is 6.07 Å². The molecular formula is C16H15N5S. The van der Waals surface area contributed by atoms with Crippen molar-refractivity contribution in [2.24, 2.45) is 15.9 Å². The summed E-state index contributed by atoms with van der Waals surface area (Å²) >= 11 is 1.42. The predicted octanol–water partition coefficient (Wildman–Crippen LogP) is 2.72. The van der Waals surface area contributed by atoms with Gasteiger partial charge < -0.3 is 11.5 Å². The Morgan fingerprint density at radius 3 is 2.73 bits per heavy atom. The van der Waals surface area contributed by atoms with Crippen LogP contribution in [0.1, 0.15) is 16.7 Å². The average Bonchev–Trinajstić information content (AvgIpc) is 2.55. The lowest BCUT2D eigenvalue weighted by Gasteiger charge is -1.99. The number of hydrogen-bond donors (Lipinski definition) is 2. The molecule has 0 saturated carbocycles. The van der Waals surface area contributed by atoms with E-state index >= 15 is 0 Å². The van der Waals surface area contributed by atoms with Gasteiger partial charge in [-0.2, -0.15) is 10.4 Å². The lowest BCUT2D eigenvalue weighted by atomic mass is 10.1. The van der Waals surface area contributed by atoms with Crippen molar-refractivity contribution in [2.75, 3.05) is 5.73 Å². The maximum absolute atomic E-state index is 8.91. The molecule has 0 aromatic heterocycles. The Kier molecular flexibility index (Phi) is 5.57. The monoisotopic (exact) mass is 309 g/mol. The first-order valence-corrected chi connectivity index (χ1v) is 7.50. The fraction of sp³-hybridized carbons (Fsp3) is 0.0625. The second kappa shape index (κ2) is 7.86. The highest BCUT2D eigenvalue weighted by atomic mass is 32.2. The third-order valence-electron chi connectivity index (χ3n) is 2.79. The number of nitrogens with zero attached hydrogens (tertiary/aromatic N) is 3. The molecule has 2 aromatic rings. The highest BCUT2D eigenvalue weighted by molar-refractivity contribution is 8.13. The van der Waals surface area contributed by atoms with Gasteiger partial charge in [0, 0.05) is 11.4 Å². The van der Waals surface area contributed by atoms with E-state index in [1.54, 1.807) is 18.2 Å². The van der Waals surface area contributed by atoms with Gasteiger partial charge >= 0.3 is 0 Å². The van der Waals surface area contributed by atoms with Crippen molar-refractivity contribution in [2.45, 2.75) is 5.75 Å². The topological polar surface area (TPSA) is 101 Å². The van der Waals surface area contributed by atoms with Crippen molar-refractivity contribution >= 4 is 28.8 Å². The van der Waals surface area contributed by atoms with Crippen LogP contribution in [0.3, 0.4) is 0 Å². The van der Waals surface area contributed by atoms with Gasteiger partial charge in [-0.1, -0.05) is 48.2 Å². The number of nitrogen functional groups attached to an aromatic ring is 1.